The molecule has 4 rings (SSSR count). The van der Waals surface area contributed by atoms with Crippen LogP contribution < -0.4 is 20.3 Å². The summed E-state index contributed by atoms with van der Waals surface area (Å²) >= 11 is 1.51. The van der Waals surface area contributed by atoms with E-state index in [1.165, 1.54) is 22.1 Å². The molecular formula is C16H19N5OS+2. The van der Waals surface area contributed by atoms with Gasteiger partial charge in [0.25, 0.3) is 11.4 Å². The van der Waals surface area contributed by atoms with Crippen LogP contribution in [0.15, 0.2) is 46.8 Å². The van der Waals surface area contributed by atoms with Crippen molar-refractivity contribution in [1.82, 2.24) is 9.38 Å². The second-order valence-corrected chi connectivity index (χ2v) is 6.68. The number of anilines is 1. The van der Waals surface area contributed by atoms with E-state index in [1.807, 2.05) is 17.6 Å². The zero-order chi connectivity index (χ0) is 15.6. The van der Waals surface area contributed by atoms with E-state index in [-0.39, 0.29) is 5.56 Å². The lowest BCUT2D eigenvalue weighted by Crippen LogP contribution is -3.13. The molecule has 1 aliphatic heterocycles. The Bertz CT molecular complexity index is 852. The molecule has 3 aromatic heterocycles. The predicted octanol–water partition coefficient (Wildman–Crippen LogP) is -0.525. The van der Waals surface area contributed by atoms with Crippen molar-refractivity contribution in [1.29, 1.82) is 0 Å². The number of rotatable bonds is 3. The van der Waals surface area contributed by atoms with Crippen LogP contribution in [0.2, 0.25) is 0 Å². The molecule has 0 amide bonds. The minimum atomic E-state index is 0.0168. The van der Waals surface area contributed by atoms with Gasteiger partial charge in [-0.2, -0.15) is 0 Å². The molecule has 1 fully saturated rings. The maximum absolute atomic E-state index is 12.0. The molecule has 0 radical (unpaired) electrons. The van der Waals surface area contributed by atoms with Crippen LogP contribution in [0.5, 0.6) is 0 Å². The van der Waals surface area contributed by atoms with Crippen LogP contribution >= 0.6 is 11.3 Å². The monoisotopic (exact) mass is 329 g/mol. The van der Waals surface area contributed by atoms with Crippen molar-refractivity contribution >= 4 is 22.1 Å². The number of piperazine rings is 1. The molecule has 118 valence electrons. The Labute approximate surface area is 137 Å². The highest BCUT2D eigenvalue weighted by molar-refractivity contribution is 7.15. The fourth-order valence-electron chi connectivity index (χ4n) is 3.06. The Hall–Kier alpha value is -2.25. The van der Waals surface area contributed by atoms with Gasteiger partial charge >= 0.3 is 0 Å². The maximum atomic E-state index is 12.0. The first-order valence-corrected chi connectivity index (χ1v) is 8.68. The van der Waals surface area contributed by atoms with Gasteiger partial charge in [-0.15, -0.1) is 11.3 Å². The van der Waals surface area contributed by atoms with Gasteiger partial charge in [0.2, 0.25) is 0 Å². The third-order valence-corrected chi connectivity index (χ3v) is 5.05. The smallest absolute Gasteiger partial charge is 0.274 e. The average Bonchev–Trinajstić information content (AvgIpc) is 3.05. The highest BCUT2D eigenvalue weighted by Crippen LogP contribution is 2.07. The van der Waals surface area contributed by atoms with E-state index in [9.17, 15) is 4.79 Å². The maximum Gasteiger partial charge on any atom is 0.274 e. The normalized spacial score (nSPS) is 16.1. The highest BCUT2D eigenvalue weighted by atomic mass is 32.1. The summed E-state index contributed by atoms with van der Waals surface area (Å²) in [6.45, 7) is 4.94. The first-order chi connectivity index (χ1) is 11.3. The molecule has 1 saturated heterocycles. The van der Waals surface area contributed by atoms with Gasteiger partial charge in [-0.1, -0.05) is 6.07 Å². The molecule has 1 aliphatic rings. The minimum Gasteiger partial charge on any atom is -0.323 e. The van der Waals surface area contributed by atoms with Crippen LogP contribution in [-0.2, 0) is 6.54 Å². The Kier molecular flexibility index (Phi) is 3.80. The van der Waals surface area contributed by atoms with Crippen molar-refractivity contribution in [3.05, 3.63) is 58.1 Å². The van der Waals surface area contributed by atoms with E-state index < -0.39 is 0 Å². The van der Waals surface area contributed by atoms with Crippen LogP contribution in [0.1, 0.15) is 5.69 Å². The largest absolute Gasteiger partial charge is 0.323 e. The molecular weight excluding hydrogens is 310 g/mol. The predicted molar refractivity (Wildman–Crippen MR) is 89.0 cm³/mol. The molecule has 0 atom stereocenters. The standard InChI is InChI=1S/C16H17N5OS/c22-15-11-13(18-16-21(15)9-10-23-16)12-19-5-7-20(8-6-19)14-3-1-2-4-17-14/h1-4,9-11H,5-8,12H2/p+2. The third-order valence-electron chi connectivity index (χ3n) is 4.29. The number of nitrogens with one attached hydrogen (secondary N) is 2. The summed E-state index contributed by atoms with van der Waals surface area (Å²) in [7, 11) is 0. The number of nitrogens with zero attached hydrogens (tertiary/aromatic N) is 3. The summed E-state index contributed by atoms with van der Waals surface area (Å²) in [6, 6.07) is 7.83. The SMILES string of the molecule is O=c1cc(C[NH+]2CCN(c3cccc[nH+]3)CC2)nc2sccn12. The molecule has 0 aliphatic carbocycles. The summed E-state index contributed by atoms with van der Waals surface area (Å²) in [5.74, 6) is 1.17. The van der Waals surface area contributed by atoms with E-state index in [4.69, 9.17) is 0 Å². The van der Waals surface area contributed by atoms with Crippen LogP contribution in [-0.4, -0.2) is 35.6 Å². The Balaban J connectivity index is 1.43. The van der Waals surface area contributed by atoms with E-state index in [2.05, 4.69) is 27.0 Å². The van der Waals surface area contributed by atoms with Gasteiger partial charge in [-0.3, -0.25) is 14.1 Å². The van der Waals surface area contributed by atoms with Gasteiger partial charge < -0.3 is 4.90 Å². The number of aromatic nitrogens is 3. The lowest BCUT2D eigenvalue weighted by molar-refractivity contribution is -0.914. The van der Waals surface area contributed by atoms with E-state index in [0.717, 1.165) is 43.4 Å². The van der Waals surface area contributed by atoms with Crippen LogP contribution in [0.3, 0.4) is 0 Å². The molecule has 23 heavy (non-hydrogen) atoms. The van der Waals surface area contributed by atoms with Crippen molar-refractivity contribution in [2.75, 3.05) is 31.1 Å². The van der Waals surface area contributed by atoms with Crippen LogP contribution in [0.4, 0.5) is 5.82 Å². The van der Waals surface area contributed by atoms with Crippen molar-refractivity contribution in [3.8, 4) is 0 Å². The number of thiazole rings is 1. The van der Waals surface area contributed by atoms with Gasteiger partial charge in [0.1, 0.15) is 38.4 Å². The minimum absolute atomic E-state index is 0.0168. The molecule has 3 aromatic rings. The van der Waals surface area contributed by atoms with Gasteiger partial charge in [-0.25, -0.2) is 9.97 Å². The molecule has 2 N–H and O–H groups in total. The Morgan fingerprint density at radius 1 is 1.30 bits per heavy atom. The first-order valence-electron chi connectivity index (χ1n) is 7.80. The number of H-pyrrole nitrogens is 1. The number of hydrogen-bond acceptors (Lipinski definition) is 4. The number of pyridine rings is 1. The number of hydrogen-bond donors (Lipinski definition) is 1. The van der Waals surface area contributed by atoms with E-state index in [0.29, 0.717) is 0 Å². The molecule has 0 bridgehead atoms. The third kappa shape index (κ3) is 2.97. The number of quaternary nitrogens is 1. The molecule has 6 nitrogen and oxygen atoms in total. The molecule has 0 saturated carbocycles. The van der Waals surface area contributed by atoms with Gasteiger partial charge in [-0.05, 0) is 6.07 Å². The van der Waals surface area contributed by atoms with Crippen molar-refractivity contribution in [3.63, 3.8) is 0 Å². The van der Waals surface area contributed by atoms with Gasteiger partial charge in [0, 0.05) is 23.7 Å². The van der Waals surface area contributed by atoms with Gasteiger partial charge in [0.05, 0.1) is 6.20 Å². The molecule has 0 aromatic carbocycles. The van der Waals surface area contributed by atoms with Crippen molar-refractivity contribution in [2.24, 2.45) is 0 Å². The number of aromatic amines is 1. The zero-order valence-corrected chi connectivity index (χ0v) is 13.6. The second kappa shape index (κ2) is 6.10. The van der Waals surface area contributed by atoms with Crippen LogP contribution in [0.25, 0.3) is 4.96 Å². The Morgan fingerprint density at radius 2 is 2.17 bits per heavy atom. The summed E-state index contributed by atoms with van der Waals surface area (Å²) in [4.78, 5) is 24.6. The summed E-state index contributed by atoms with van der Waals surface area (Å²) in [5, 5.41) is 1.90. The summed E-state index contributed by atoms with van der Waals surface area (Å²) in [5.41, 5.74) is 0.912. The van der Waals surface area contributed by atoms with E-state index in [1.54, 1.807) is 16.7 Å². The average molecular weight is 329 g/mol. The fourth-order valence-corrected chi connectivity index (χ4v) is 3.79. The van der Waals surface area contributed by atoms with Crippen molar-refractivity contribution < 1.29 is 9.88 Å². The van der Waals surface area contributed by atoms with Crippen LogP contribution in [0, 0.1) is 0 Å². The topological polar surface area (TPSA) is 56.2 Å². The Morgan fingerprint density at radius 3 is 2.96 bits per heavy atom. The summed E-state index contributed by atoms with van der Waals surface area (Å²) in [6.07, 6.45) is 3.74. The lowest BCUT2D eigenvalue weighted by atomic mass is 10.2. The molecule has 4 heterocycles. The zero-order valence-electron chi connectivity index (χ0n) is 12.7. The fraction of sp³-hybridized carbons (Fsp3) is 0.312. The van der Waals surface area contributed by atoms with Crippen molar-refractivity contribution in [2.45, 2.75) is 6.54 Å². The first kappa shape index (κ1) is 14.3. The van der Waals surface area contributed by atoms with E-state index >= 15 is 0 Å². The molecule has 0 unspecified atom stereocenters. The second-order valence-electron chi connectivity index (χ2n) is 5.80. The lowest BCUT2D eigenvalue weighted by Gasteiger charge is -2.28. The highest BCUT2D eigenvalue weighted by Gasteiger charge is 2.26. The number of fused-ring (bicyclic) bond motifs is 1. The summed E-state index contributed by atoms with van der Waals surface area (Å²) < 4.78 is 1.60. The molecule has 0 spiro atoms. The van der Waals surface area contributed by atoms with Gasteiger partial charge in [0.15, 0.2) is 4.96 Å². The quantitative estimate of drug-likeness (QED) is 0.703. The molecule has 7 heteroatoms.